The summed E-state index contributed by atoms with van der Waals surface area (Å²) in [6, 6.07) is 24.0. The van der Waals surface area contributed by atoms with Gasteiger partial charge in [0.15, 0.2) is 0 Å². The second-order valence-electron chi connectivity index (χ2n) is 9.11. The smallest absolute Gasteiger partial charge is 0.0492 e. The summed E-state index contributed by atoms with van der Waals surface area (Å²) in [7, 11) is 4.43. The van der Waals surface area contributed by atoms with Crippen LogP contribution in [0.3, 0.4) is 0 Å². The summed E-state index contributed by atoms with van der Waals surface area (Å²) in [4.78, 5) is 10.3. The molecular weight excluding hydrogens is 390 g/mol. The minimum Gasteiger partial charge on any atom is -0.355 e. The third-order valence-electron chi connectivity index (χ3n) is 7.21. The molecule has 3 nitrogen and oxygen atoms in total. The van der Waals surface area contributed by atoms with E-state index in [1.54, 1.807) is 0 Å². The Hall–Kier alpha value is -3.17. The van der Waals surface area contributed by atoms with E-state index in [-0.39, 0.29) is 5.54 Å². The van der Waals surface area contributed by atoms with E-state index >= 15 is 0 Å². The van der Waals surface area contributed by atoms with E-state index in [1.165, 1.54) is 38.9 Å². The fraction of sp³-hybridized carbons (Fsp3) is 0.276. The maximum absolute atomic E-state index is 4.16. The number of aromatic amines is 1. The van der Waals surface area contributed by atoms with E-state index in [0.29, 0.717) is 0 Å². The van der Waals surface area contributed by atoms with Gasteiger partial charge in [-0.05, 0) is 86.7 Å². The molecule has 0 amide bonds. The van der Waals surface area contributed by atoms with Crippen LogP contribution in [0.25, 0.3) is 16.5 Å². The van der Waals surface area contributed by atoms with Crippen molar-refractivity contribution >= 4 is 16.5 Å². The first-order valence-electron chi connectivity index (χ1n) is 11.6. The van der Waals surface area contributed by atoms with Crippen molar-refractivity contribution in [3.8, 4) is 0 Å². The van der Waals surface area contributed by atoms with Crippen LogP contribution >= 0.6 is 0 Å². The van der Waals surface area contributed by atoms with Crippen LogP contribution in [0.15, 0.2) is 85.2 Å². The number of H-pyrrole nitrogens is 1. The van der Waals surface area contributed by atoms with Gasteiger partial charge >= 0.3 is 0 Å². The largest absolute Gasteiger partial charge is 0.355 e. The fourth-order valence-electron chi connectivity index (χ4n) is 5.29. The first-order valence-corrected chi connectivity index (χ1v) is 11.6. The van der Waals surface area contributed by atoms with Crippen molar-refractivity contribution in [2.24, 2.45) is 0 Å². The zero-order chi connectivity index (χ0) is 22.0. The van der Waals surface area contributed by atoms with Crippen LogP contribution in [0, 0.1) is 0 Å². The van der Waals surface area contributed by atoms with Gasteiger partial charge in [0.2, 0.25) is 0 Å². The lowest BCUT2D eigenvalue weighted by Crippen LogP contribution is -2.42. The van der Waals surface area contributed by atoms with Crippen LogP contribution in [-0.2, 0) is 18.4 Å². The highest BCUT2D eigenvalue weighted by atomic mass is 15.1. The molecule has 2 aromatic heterocycles. The monoisotopic (exact) mass is 421 g/mol. The highest BCUT2D eigenvalue weighted by molar-refractivity contribution is 5.89. The zero-order valence-corrected chi connectivity index (χ0v) is 19.0. The fourth-order valence-corrected chi connectivity index (χ4v) is 5.29. The van der Waals surface area contributed by atoms with Crippen LogP contribution < -0.4 is 0 Å². The highest BCUT2D eigenvalue weighted by Gasteiger charge is 2.36. The number of rotatable bonds is 6. The first-order chi connectivity index (χ1) is 15.7. The van der Waals surface area contributed by atoms with Crippen molar-refractivity contribution in [1.29, 1.82) is 0 Å². The molecule has 4 aromatic rings. The molecule has 1 N–H and O–H groups in total. The molecule has 0 radical (unpaired) electrons. The van der Waals surface area contributed by atoms with Crippen LogP contribution in [0.4, 0.5) is 0 Å². The minimum absolute atomic E-state index is 0.0635. The lowest BCUT2D eigenvalue weighted by Gasteiger charge is -2.43. The second-order valence-corrected chi connectivity index (χ2v) is 9.11. The molecule has 32 heavy (non-hydrogen) atoms. The van der Waals surface area contributed by atoms with Crippen LogP contribution in [0.5, 0.6) is 0 Å². The molecule has 2 aromatic carbocycles. The Kier molecular flexibility index (Phi) is 5.67. The Bertz CT molecular complexity index is 1220. The van der Waals surface area contributed by atoms with Gasteiger partial charge in [0.25, 0.3) is 0 Å². The van der Waals surface area contributed by atoms with Gasteiger partial charge in [-0.1, -0.05) is 54.6 Å². The number of pyridine rings is 1. The predicted octanol–water partition coefficient (Wildman–Crippen LogP) is 6.37. The molecular formula is C29H31N3. The maximum atomic E-state index is 4.16. The molecule has 0 spiro atoms. The van der Waals surface area contributed by atoms with Crippen molar-refractivity contribution in [2.75, 3.05) is 14.1 Å². The van der Waals surface area contributed by atoms with Crippen molar-refractivity contribution in [1.82, 2.24) is 14.9 Å². The molecule has 0 saturated heterocycles. The molecule has 0 bridgehead atoms. The predicted molar refractivity (Wildman–Crippen MR) is 134 cm³/mol. The number of hydrogen-bond acceptors (Lipinski definition) is 2. The molecule has 3 heteroatoms. The summed E-state index contributed by atoms with van der Waals surface area (Å²) in [6.45, 7) is 0. The number of aromatic nitrogens is 2. The number of benzene rings is 2. The average Bonchev–Trinajstić information content (AvgIpc) is 3.22. The van der Waals surface area contributed by atoms with Crippen LogP contribution in [0.2, 0.25) is 0 Å². The Morgan fingerprint density at radius 2 is 1.66 bits per heavy atom. The molecule has 0 aliphatic heterocycles. The molecule has 1 atom stereocenters. The van der Waals surface area contributed by atoms with Gasteiger partial charge in [-0.2, -0.15) is 0 Å². The van der Waals surface area contributed by atoms with E-state index in [1.807, 2.05) is 12.4 Å². The summed E-state index contributed by atoms with van der Waals surface area (Å²) in [6.07, 6.45) is 11.5. The number of hydrogen-bond donors (Lipinski definition) is 1. The lowest BCUT2D eigenvalue weighted by molar-refractivity contribution is 0.138. The third-order valence-corrected chi connectivity index (χ3v) is 7.21. The average molecular weight is 422 g/mol. The molecule has 2 heterocycles. The number of fused-ring (bicyclic) bond motifs is 1. The molecule has 1 aliphatic rings. The van der Waals surface area contributed by atoms with Crippen LogP contribution in [0.1, 0.15) is 41.6 Å². The van der Waals surface area contributed by atoms with E-state index in [0.717, 1.165) is 32.1 Å². The van der Waals surface area contributed by atoms with Crippen molar-refractivity contribution in [3.05, 3.63) is 108 Å². The third kappa shape index (κ3) is 3.78. The van der Waals surface area contributed by atoms with E-state index < -0.39 is 0 Å². The topological polar surface area (TPSA) is 31.9 Å². The number of aryl methyl sites for hydroxylation is 2. The lowest BCUT2D eigenvalue weighted by atomic mass is 9.75. The summed E-state index contributed by atoms with van der Waals surface area (Å²) < 4.78 is 0. The Balaban J connectivity index is 1.49. The van der Waals surface area contributed by atoms with Gasteiger partial charge in [0.1, 0.15) is 0 Å². The Morgan fingerprint density at radius 3 is 2.38 bits per heavy atom. The van der Waals surface area contributed by atoms with E-state index in [2.05, 4.69) is 102 Å². The number of para-hydroxylation sites is 1. The molecule has 1 unspecified atom stereocenters. The van der Waals surface area contributed by atoms with Crippen molar-refractivity contribution in [3.63, 3.8) is 0 Å². The van der Waals surface area contributed by atoms with Crippen molar-refractivity contribution < 1.29 is 0 Å². The number of nitrogens with zero attached hydrogens (tertiary/aromatic N) is 2. The molecule has 162 valence electrons. The Labute approximate surface area is 190 Å². The van der Waals surface area contributed by atoms with Gasteiger partial charge in [-0.25, -0.2) is 0 Å². The standard InChI is InChI=1S/C29H31N3/c1-32(2)29(24-8-4-3-5-9-24)18-14-23(15-19-29)28-26(13-12-22-16-20-30-21-17-22)25-10-6-7-11-27(25)31-28/h3-11,14,16-17,20-21,31H,12-13,15,18-19H2,1-2H3. The number of allylic oxidation sites excluding steroid dienone is 1. The summed E-state index contributed by atoms with van der Waals surface area (Å²) in [5.74, 6) is 0. The normalized spacial score (nSPS) is 18.8. The second kappa shape index (κ2) is 8.76. The maximum Gasteiger partial charge on any atom is 0.0492 e. The summed E-state index contributed by atoms with van der Waals surface area (Å²) >= 11 is 0. The summed E-state index contributed by atoms with van der Waals surface area (Å²) in [5.41, 5.74) is 8.29. The van der Waals surface area contributed by atoms with Gasteiger partial charge < -0.3 is 4.98 Å². The first kappa shape index (κ1) is 20.7. The SMILES string of the molecule is CN(C)C1(c2ccccc2)CC=C(c2[nH]c3ccccc3c2CCc2ccncc2)CC1. The number of nitrogens with one attached hydrogen (secondary N) is 1. The minimum atomic E-state index is 0.0635. The van der Waals surface area contributed by atoms with E-state index in [9.17, 15) is 0 Å². The summed E-state index contributed by atoms with van der Waals surface area (Å²) in [5, 5.41) is 1.35. The zero-order valence-electron chi connectivity index (χ0n) is 19.0. The van der Waals surface area contributed by atoms with Crippen LogP contribution in [-0.4, -0.2) is 29.0 Å². The van der Waals surface area contributed by atoms with Gasteiger partial charge in [0.05, 0.1) is 0 Å². The molecule has 0 fully saturated rings. The molecule has 0 saturated carbocycles. The molecule has 5 rings (SSSR count). The van der Waals surface area contributed by atoms with Crippen molar-refractivity contribution in [2.45, 2.75) is 37.6 Å². The van der Waals surface area contributed by atoms with E-state index in [4.69, 9.17) is 0 Å². The quantitative estimate of drug-likeness (QED) is 0.392. The molecule has 1 aliphatic carbocycles. The van der Waals surface area contributed by atoms with Gasteiger partial charge in [-0.15, -0.1) is 0 Å². The van der Waals surface area contributed by atoms with Gasteiger partial charge in [-0.3, -0.25) is 9.88 Å². The van der Waals surface area contributed by atoms with Gasteiger partial charge in [0, 0.05) is 34.5 Å². The highest BCUT2D eigenvalue weighted by Crippen LogP contribution is 2.43. The Morgan fingerprint density at radius 1 is 0.906 bits per heavy atom.